The predicted octanol–water partition coefficient (Wildman–Crippen LogP) is 2.77. The fourth-order valence-corrected chi connectivity index (χ4v) is 2.56. The van der Waals surface area contributed by atoms with Crippen LogP contribution < -0.4 is 16.0 Å². The number of aryl methyl sites for hydroxylation is 2. The van der Waals surface area contributed by atoms with Gasteiger partial charge in [-0.1, -0.05) is 19.1 Å². The Kier molecular flexibility index (Phi) is 5.98. The number of anilines is 2. The van der Waals surface area contributed by atoms with Crippen LogP contribution in [0.3, 0.4) is 0 Å². The molecule has 0 saturated carbocycles. The molecule has 3 aromatic rings. The Balaban J connectivity index is 1.44. The molecule has 0 bridgehead atoms. The molecule has 0 radical (unpaired) electrons. The first-order valence-electron chi connectivity index (χ1n) is 8.85. The first-order chi connectivity index (χ1) is 13.2. The predicted molar refractivity (Wildman–Crippen MR) is 105 cm³/mol. The van der Waals surface area contributed by atoms with Crippen LogP contribution >= 0.6 is 0 Å². The number of rotatable bonds is 7. The molecule has 0 aliphatic heterocycles. The standard InChI is InChI=1S/C19H23N7O/c1-3-15-4-6-16(7-5-15)25-19(27)22-9-8-21-17-12-18(24-13-23-17)26-11-10-20-14(26)2/h4-7,10-13H,3,8-9H2,1-2H3,(H,21,23,24)(H2,22,25,27). The summed E-state index contributed by atoms with van der Waals surface area (Å²) in [6.45, 7) is 5.01. The molecule has 0 aliphatic rings. The molecule has 27 heavy (non-hydrogen) atoms. The minimum Gasteiger partial charge on any atom is -0.368 e. The van der Waals surface area contributed by atoms with Gasteiger partial charge in [-0.15, -0.1) is 0 Å². The first-order valence-corrected chi connectivity index (χ1v) is 8.85. The number of hydrogen-bond acceptors (Lipinski definition) is 5. The normalized spacial score (nSPS) is 10.4. The van der Waals surface area contributed by atoms with Crippen LogP contribution in [0.4, 0.5) is 16.3 Å². The summed E-state index contributed by atoms with van der Waals surface area (Å²) >= 11 is 0. The second-order valence-electron chi connectivity index (χ2n) is 5.96. The molecule has 0 spiro atoms. The van der Waals surface area contributed by atoms with E-state index >= 15 is 0 Å². The van der Waals surface area contributed by atoms with Gasteiger partial charge in [0.2, 0.25) is 0 Å². The molecule has 0 fully saturated rings. The van der Waals surface area contributed by atoms with E-state index in [1.165, 1.54) is 11.9 Å². The Bertz CT molecular complexity index is 889. The number of imidazole rings is 1. The highest BCUT2D eigenvalue weighted by atomic mass is 16.2. The summed E-state index contributed by atoms with van der Waals surface area (Å²) in [6.07, 6.45) is 6.05. The van der Waals surface area contributed by atoms with Crippen molar-refractivity contribution in [3.05, 3.63) is 60.4 Å². The SMILES string of the molecule is CCc1ccc(NC(=O)NCCNc2cc(-n3ccnc3C)ncn2)cc1. The molecule has 2 amide bonds. The number of nitrogens with one attached hydrogen (secondary N) is 3. The number of urea groups is 1. The van der Waals surface area contributed by atoms with E-state index in [4.69, 9.17) is 0 Å². The Morgan fingerprint density at radius 1 is 1.11 bits per heavy atom. The largest absolute Gasteiger partial charge is 0.368 e. The third-order valence-electron chi connectivity index (χ3n) is 4.06. The lowest BCUT2D eigenvalue weighted by Crippen LogP contribution is -2.32. The average molecular weight is 365 g/mol. The molecular formula is C19H23N7O. The fraction of sp³-hybridized carbons (Fsp3) is 0.263. The summed E-state index contributed by atoms with van der Waals surface area (Å²) in [5, 5.41) is 8.80. The van der Waals surface area contributed by atoms with E-state index in [0.29, 0.717) is 18.9 Å². The molecule has 2 heterocycles. The minimum absolute atomic E-state index is 0.238. The third kappa shape index (κ3) is 5.04. The van der Waals surface area contributed by atoms with Crippen LogP contribution in [0.1, 0.15) is 18.3 Å². The molecule has 0 atom stereocenters. The lowest BCUT2D eigenvalue weighted by molar-refractivity contribution is 0.252. The van der Waals surface area contributed by atoms with Gasteiger partial charge in [0.1, 0.15) is 23.8 Å². The Hall–Kier alpha value is -3.42. The molecule has 8 nitrogen and oxygen atoms in total. The fourth-order valence-electron chi connectivity index (χ4n) is 2.56. The number of aromatic nitrogens is 4. The van der Waals surface area contributed by atoms with Crippen molar-refractivity contribution in [2.75, 3.05) is 23.7 Å². The molecule has 140 valence electrons. The average Bonchev–Trinajstić information content (AvgIpc) is 3.12. The minimum atomic E-state index is -0.238. The van der Waals surface area contributed by atoms with Crippen LogP contribution in [0.5, 0.6) is 0 Å². The van der Waals surface area contributed by atoms with Gasteiger partial charge < -0.3 is 16.0 Å². The Morgan fingerprint density at radius 3 is 2.63 bits per heavy atom. The number of carbonyl (C=O) groups excluding carboxylic acids is 1. The Morgan fingerprint density at radius 2 is 1.93 bits per heavy atom. The summed E-state index contributed by atoms with van der Waals surface area (Å²) < 4.78 is 1.88. The molecule has 3 rings (SSSR count). The van der Waals surface area contributed by atoms with Gasteiger partial charge >= 0.3 is 6.03 Å². The van der Waals surface area contributed by atoms with Crippen molar-refractivity contribution in [2.45, 2.75) is 20.3 Å². The van der Waals surface area contributed by atoms with Gasteiger partial charge in [0, 0.05) is 37.2 Å². The van der Waals surface area contributed by atoms with Crippen LogP contribution in [0.15, 0.2) is 49.1 Å². The van der Waals surface area contributed by atoms with Crippen LogP contribution in [0, 0.1) is 6.92 Å². The maximum Gasteiger partial charge on any atom is 0.319 e. The topological polar surface area (TPSA) is 96.8 Å². The van der Waals surface area contributed by atoms with E-state index in [1.807, 2.05) is 48.0 Å². The van der Waals surface area contributed by atoms with Crippen molar-refractivity contribution in [1.29, 1.82) is 0 Å². The van der Waals surface area contributed by atoms with Gasteiger partial charge in [-0.25, -0.2) is 19.7 Å². The zero-order chi connectivity index (χ0) is 19.1. The number of benzene rings is 1. The van der Waals surface area contributed by atoms with E-state index in [1.54, 1.807) is 6.20 Å². The van der Waals surface area contributed by atoms with Crippen LogP contribution in [0.2, 0.25) is 0 Å². The van der Waals surface area contributed by atoms with E-state index in [-0.39, 0.29) is 6.03 Å². The monoisotopic (exact) mass is 365 g/mol. The summed E-state index contributed by atoms with van der Waals surface area (Å²) in [5.41, 5.74) is 2.01. The lowest BCUT2D eigenvalue weighted by Gasteiger charge is -2.10. The second-order valence-corrected chi connectivity index (χ2v) is 5.96. The highest BCUT2D eigenvalue weighted by Gasteiger charge is 2.04. The van der Waals surface area contributed by atoms with Crippen LogP contribution in [-0.2, 0) is 6.42 Å². The van der Waals surface area contributed by atoms with E-state index in [9.17, 15) is 4.79 Å². The van der Waals surface area contributed by atoms with Gasteiger partial charge in [-0.05, 0) is 31.0 Å². The van der Waals surface area contributed by atoms with Crippen molar-refractivity contribution in [1.82, 2.24) is 24.8 Å². The van der Waals surface area contributed by atoms with Gasteiger partial charge in [-0.2, -0.15) is 0 Å². The number of nitrogens with zero attached hydrogens (tertiary/aromatic N) is 4. The highest BCUT2D eigenvalue weighted by Crippen LogP contribution is 2.11. The zero-order valence-electron chi connectivity index (χ0n) is 15.4. The molecule has 8 heteroatoms. The van der Waals surface area contributed by atoms with Gasteiger partial charge in [0.25, 0.3) is 0 Å². The van der Waals surface area contributed by atoms with Crippen molar-refractivity contribution in [2.24, 2.45) is 0 Å². The van der Waals surface area contributed by atoms with E-state index in [0.717, 1.165) is 23.8 Å². The number of carbonyl (C=O) groups is 1. The quantitative estimate of drug-likeness (QED) is 0.560. The van der Waals surface area contributed by atoms with Crippen molar-refractivity contribution >= 4 is 17.5 Å². The van der Waals surface area contributed by atoms with Gasteiger partial charge in [0.15, 0.2) is 0 Å². The Labute approximate surface area is 158 Å². The molecule has 2 aromatic heterocycles. The van der Waals surface area contributed by atoms with Crippen LogP contribution in [0.25, 0.3) is 5.82 Å². The lowest BCUT2D eigenvalue weighted by atomic mass is 10.1. The maximum atomic E-state index is 11.9. The number of hydrogen-bond donors (Lipinski definition) is 3. The van der Waals surface area contributed by atoms with E-state index in [2.05, 4.69) is 37.8 Å². The van der Waals surface area contributed by atoms with Crippen molar-refractivity contribution < 1.29 is 4.79 Å². The third-order valence-corrected chi connectivity index (χ3v) is 4.06. The first kappa shape index (κ1) is 18.4. The molecule has 0 saturated heterocycles. The highest BCUT2D eigenvalue weighted by molar-refractivity contribution is 5.89. The summed E-state index contributed by atoms with van der Waals surface area (Å²) in [4.78, 5) is 24.6. The summed E-state index contributed by atoms with van der Waals surface area (Å²) in [6, 6.07) is 9.41. The molecule has 1 aromatic carbocycles. The molecule has 3 N–H and O–H groups in total. The second kappa shape index (κ2) is 8.79. The zero-order valence-corrected chi connectivity index (χ0v) is 15.4. The van der Waals surface area contributed by atoms with Gasteiger partial charge in [0.05, 0.1) is 0 Å². The molecular weight excluding hydrogens is 342 g/mol. The smallest absolute Gasteiger partial charge is 0.319 e. The number of amides is 2. The molecule has 0 aliphatic carbocycles. The summed E-state index contributed by atoms with van der Waals surface area (Å²) in [5.74, 6) is 2.28. The van der Waals surface area contributed by atoms with Gasteiger partial charge in [-0.3, -0.25) is 4.57 Å². The summed E-state index contributed by atoms with van der Waals surface area (Å²) in [7, 11) is 0. The van der Waals surface area contributed by atoms with Crippen molar-refractivity contribution in [3.8, 4) is 5.82 Å². The van der Waals surface area contributed by atoms with Crippen LogP contribution in [-0.4, -0.2) is 38.6 Å². The van der Waals surface area contributed by atoms with Crippen molar-refractivity contribution in [3.63, 3.8) is 0 Å². The molecule has 0 unspecified atom stereocenters. The van der Waals surface area contributed by atoms with E-state index < -0.39 is 0 Å². The maximum absolute atomic E-state index is 11.9.